The van der Waals surface area contributed by atoms with Gasteiger partial charge in [0.2, 0.25) is 5.90 Å². The fourth-order valence-electron chi connectivity index (χ4n) is 5.25. The van der Waals surface area contributed by atoms with Crippen LogP contribution in [-0.4, -0.2) is 42.2 Å². The Hall–Kier alpha value is -4.72. The first-order chi connectivity index (χ1) is 22.1. The summed E-state index contributed by atoms with van der Waals surface area (Å²) < 4.78 is 12.4. The van der Waals surface area contributed by atoms with Crippen LogP contribution in [0.5, 0.6) is 5.75 Å². The highest BCUT2D eigenvalue weighted by atomic mass is 16.5. The maximum atomic E-state index is 14.2. The topological polar surface area (TPSA) is 92.2 Å². The van der Waals surface area contributed by atoms with Gasteiger partial charge in [0, 0.05) is 31.6 Å². The molecule has 7 nitrogen and oxygen atoms in total. The number of carbonyl (C=O) groups is 1. The van der Waals surface area contributed by atoms with Gasteiger partial charge in [-0.1, -0.05) is 110 Å². The van der Waals surface area contributed by atoms with E-state index in [0.717, 1.165) is 40.7 Å². The number of amides is 1. The molecule has 2 atom stereocenters. The third-order valence-corrected chi connectivity index (χ3v) is 7.75. The monoisotopic (exact) mass is 603 g/mol. The minimum Gasteiger partial charge on any atom is -0.494 e. The molecule has 0 saturated carbocycles. The lowest BCUT2D eigenvalue weighted by atomic mass is 9.84. The van der Waals surface area contributed by atoms with Crippen LogP contribution in [0.4, 0.5) is 0 Å². The molecule has 1 aliphatic rings. The first-order valence-corrected chi connectivity index (χ1v) is 15.6. The number of aliphatic hydroxyl groups excluding tert-OH is 1. The summed E-state index contributed by atoms with van der Waals surface area (Å²) >= 11 is 0. The van der Waals surface area contributed by atoms with E-state index in [1.54, 1.807) is 0 Å². The van der Waals surface area contributed by atoms with E-state index in [4.69, 9.17) is 19.6 Å². The molecule has 0 saturated heterocycles. The third-order valence-electron chi connectivity index (χ3n) is 7.75. The second-order valence-electron chi connectivity index (χ2n) is 11.0. The fourth-order valence-corrected chi connectivity index (χ4v) is 5.25. The number of aliphatic imine (C=N–C) groups is 1. The minimum absolute atomic E-state index is 0.0760. The Kier molecular flexibility index (Phi) is 11.2. The summed E-state index contributed by atoms with van der Waals surface area (Å²) in [5, 5.41) is 9.07. The molecule has 0 bridgehead atoms. The molecule has 0 aromatic heterocycles. The molecule has 4 aromatic carbocycles. The van der Waals surface area contributed by atoms with Gasteiger partial charge in [-0.25, -0.2) is 10.4 Å². The number of rotatable bonds is 15. The van der Waals surface area contributed by atoms with Gasteiger partial charge >= 0.3 is 0 Å². The van der Waals surface area contributed by atoms with E-state index in [2.05, 4.69) is 42.0 Å². The number of nitrogens with one attached hydrogen (secondary N) is 2. The van der Waals surface area contributed by atoms with Crippen LogP contribution in [0, 0.1) is 0 Å². The van der Waals surface area contributed by atoms with Gasteiger partial charge in [0.15, 0.2) is 11.6 Å². The Bertz CT molecular complexity index is 1550. The number of ether oxygens (including phenoxy) is 2. The predicted molar refractivity (Wildman–Crippen MR) is 180 cm³/mol. The van der Waals surface area contributed by atoms with Crippen molar-refractivity contribution < 1.29 is 19.4 Å². The largest absolute Gasteiger partial charge is 0.494 e. The maximum absolute atomic E-state index is 14.2. The van der Waals surface area contributed by atoms with Gasteiger partial charge < -0.3 is 14.6 Å². The molecule has 1 aliphatic heterocycles. The Morgan fingerprint density at radius 2 is 1.56 bits per heavy atom. The van der Waals surface area contributed by atoms with Gasteiger partial charge in [-0.15, -0.1) is 0 Å². The van der Waals surface area contributed by atoms with Crippen molar-refractivity contribution in [2.75, 3.05) is 19.8 Å². The lowest BCUT2D eigenvalue weighted by Crippen LogP contribution is -2.52. The van der Waals surface area contributed by atoms with E-state index in [1.807, 2.05) is 97.1 Å². The van der Waals surface area contributed by atoms with Crippen LogP contribution in [0.2, 0.25) is 0 Å². The van der Waals surface area contributed by atoms with Crippen molar-refractivity contribution in [1.82, 2.24) is 10.9 Å². The summed E-state index contributed by atoms with van der Waals surface area (Å²) in [5.74, 6) is 0.826. The summed E-state index contributed by atoms with van der Waals surface area (Å²) in [4.78, 5) is 19.3. The molecular formula is C38H41N3O4. The van der Waals surface area contributed by atoms with E-state index in [9.17, 15) is 4.79 Å². The molecule has 0 aliphatic carbocycles. The van der Waals surface area contributed by atoms with Crippen LogP contribution in [0.1, 0.15) is 55.4 Å². The molecule has 4 aromatic rings. The van der Waals surface area contributed by atoms with Crippen molar-refractivity contribution >= 4 is 17.9 Å². The number of aliphatic hydroxyl groups is 1. The van der Waals surface area contributed by atoms with Gasteiger partial charge in [0.1, 0.15) is 5.75 Å². The van der Waals surface area contributed by atoms with Crippen LogP contribution >= 0.6 is 0 Å². The first kappa shape index (κ1) is 31.7. The van der Waals surface area contributed by atoms with Crippen LogP contribution in [0.15, 0.2) is 120 Å². The average Bonchev–Trinajstić information content (AvgIpc) is 3.49. The lowest BCUT2D eigenvalue weighted by molar-refractivity contribution is -0.129. The van der Waals surface area contributed by atoms with E-state index in [-0.39, 0.29) is 12.5 Å². The van der Waals surface area contributed by atoms with Gasteiger partial charge in [0.05, 0.1) is 6.61 Å². The summed E-state index contributed by atoms with van der Waals surface area (Å²) in [6.07, 6.45) is 6.16. The molecule has 0 unspecified atom stereocenters. The molecular weight excluding hydrogens is 562 g/mol. The van der Waals surface area contributed by atoms with Gasteiger partial charge in [0.25, 0.3) is 5.91 Å². The standard InChI is InChI=1S/C38H41N3O4/c1-2-3-26-39-41-37(43)38(25-10-14-29-12-6-4-7-13-29)35(32-19-17-31(18-20-32)30-15-8-5-9-16-30)45-36(40-38)33-21-23-34(24-22-33)44-28-11-27-42/h4-10,12-24,35,39,42H,2-3,11,25-28H2,1H3,(H,41,43)/b14-10+/t35-,38-/m0/s1. The van der Waals surface area contributed by atoms with E-state index < -0.39 is 11.6 Å². The zero-order valence-corrected chi connectivity index (χ0v) is 25.7. The normalized spacial score (nSPS) is 17.6. The molecule has 0 spiro atoms. The van der Waals surface area contributed by atoms with Gasteiger partial charge in [-0.3, -0.25) is 10.2 Å². The van der Waals surface area contributed by atoms with Gasteiger partial charge in [-0.2, -0.15) is 0 Å². The number of benzene rings is 4. The Balaban J connectivity index is 1.51. The number of hydrogen-bond donors (Lipinski definition) is 3. The van der Waals surface area contributed by atoms with E-state index in [1.165, 1.54) is 0 Å². The quantitative estimate of drug-likeness (QED) is 0.102. The maximum Gasteiger partial charge on any atom is 0.266 e. The van der Waals surface area contributed by atoms with Crippen molar-refractivity contribution in [2.24, 2.45) is 4.99 Å². The fraction of sp³-hybridized carbons (Fsp3) is 0.263. The van der Waals surface area contributed by atoms with Gasteiger partial charge in [-0.05, 0) is 52.9 Å². The van der Waals surface area contributed by atoms with E-state index in [0.29, 0.717) is 37.6 Å². The zero-order chi connectivity index (χ0) is 31.3. The molecule has 45 heavy (non-hydrogen) atoms. The zero-order valence-electron chi connectivity index (χ0n) is 25.7. The Morgan fingerprint density at radius 1 is 0.889 bits per heavy atom. The molecule has 5 rings (SSSR count). The molecule has 1 amide bonds. The summed E-state index contributed by atoms with van der Waals surface area (Å²) in [7, 11) is 0. The second-order valence-corrected chi connectivity index (χ2v) is 11.0. The van der Waals surface area contributed by atoms with Crippen molar-refractivity contribution in [3.05, 3.63) is 132 Å². The number of carbonyl (C=O) groups excluding carboxylic acids is 1. The van der Waals surface area contributed by atoms with Crippen molar-refractivity contribution in [2.45, 2.75) is 44.2 Å². The average molecular weight is 604 g/mol. The van der Waals surface area contributed by atoms with Crippen molar-refractivity contribution in [3.63, 3.8) is 0 Å². The number of unbranched alkanes of at least 4 members (excludes halogenated alkanes) is 1. The number of nitrogens with zero attached hydrogens (tertiary/aromatic N) is 1. The summed E-state index contributed by atoms with van der Waals surface area (Å²) in [6, 6.07) is 35.9. The van der Waals surface area contributed by atoms with Crippen molar-refractivity contribution in [3.8, 4) is 16.9 Å². The SMILES string of the molecule is CCCCNNC(=O)[C@@]1(C/C=C/c2ccccc2)N=C(c2ccc(OCCCO)cc2)O[C@H]1c1ccc(-c2ccccc2)cc1. The first-order valence-electron chi connectivity index (χ1n) is 15.6. The highest BCUT2D eigenvalue weighted by molar-refractivity contribution is 6.01. The van der Waals surface area contributed by atoms with Crippen molar-refractivity contribution in [1.29, 1.82) is 0 Å². The molecule has 232 valence electrons. The van der Waals surface area contributed by atoms with Crippen LogP contribution in [-0.2, 0) is 9.53 Å². The van der Waals surface area contributed by atoms with E-state index >= 15 is 0 Å². The van der Waals surface area contributed by atoms with Crippen LogP contribution in [0.3, 0.4) is 0 Å². The Labute approximate surface area is 265 Å². The minimum atomic E-state index is -1.27. The number of hydrogen-bond acceptors (Lipinski definition) is 6. The molecule has 3 N–H and O–H groups in total. The molecule has 0 fully saturated rings. The molecule has 1 heterocycles. The smallest absolute Gasteiger partial charge is 0.266 e. The highest BCUT2D eigenvalue weighted by Gasteiger charge is 2.52. The predicted octanol–water partition coefficient (Wildman–Crippen LogP) is 6.90. The Morgan fingerprint density at radius 3 is 2.24 bits per heavy atom. The molecule has 0 radical (unpaired) electrons. The number of hydrazine groups is 1. The summed E-state index contributed by atoms with van der Waals surface area (Å²) in [6.45, 7) is 3.27. The molecule has 7 heteroatoms. The van der Waals surface area contributed by atoms with Crippen LogP contribution in [0.25, 0.3) is 17.2 Å². The lowest BCUT2D eigenvalue weighted by Gasteiger charge is -2.30. The second kappa shape index (κ2) is 15.8. The third kappa shape index (κ3) is 8.06. The van der Waals surface area contributed by atoms with Crippen LogP contribution < -0.4 is 15.6 Å². The summed E-state index contributed by atoms with van der Waals surface area (Å²) in [5.41, 5.74) is 9.61. The highest BCUT2D eigenvalue weighted by Crippen LogP contribution is 2.43.